The van der Waals surface area contributed by atoms with Crippen molar-refractivity contribution in [2.75, 3.05) is 39.8 Å². The van der Waals surface area contributed by atoms with Crippen LogP contribution in [0.5, 0.6) is 0 Å². The van der Waals surface area contributed by atoms with Gasteiger partial charge in [0.25, 0.3) is 0 Å². The number of nitrogens with zero attached hydrogens (tertiary/aromatic N) is 2. The van der Waals surface area contributed by atoms with Crippen LogP contribution in [-0.2, 0) is 0 Å². The summed E-state index contributed by atoms with van der Waals surface area (Å²) in [5.41, 5.74) is 0. The summed E-state index contributed by atoms with van der Waals surface area (Å²) in [4.78, 5) is 5.09. The molecule has 0 bridgehead atoms. The van der Waals surface area contributed by atoms with Gasteiger partial charge in [0, 0.05) is 25.2 Å². The molecule has 2 rings (SSSR count). The van der Waals surface area contributed by atoms with E-state index in [9.17, 15) is 0 Å². The lowest BCUT2D eigenvalue weighted by Crippen LogP contribution is -2.43. The second kappa shape index (κ2) is 6.88. The van der Waals surface area contributed by atoms with E-state index in [4.69, 9.17) is 0 Å². The van der Waals surface area contributed by atoms with E-state index in [0.717, 1.165) is 18.5 Å². The molecule has 1 atom stereocenters. The second-order valence-corrected chi connectivity index (χ2v) is 6.23. The average Bonchev–Trinajstić information content (AvgIpc) is 3.23. The molecule has 106 valence electrons. The van der Waals surface area contributed by atoms with Gasteiger partial charge in [0.2, 0.25) is 0 Å². The summed E-state index contributed by atoms with van der Waals surface area (Å²) in [7, 11) is 2.27. The normalized spacial score (nSPS) is 24.7. The molecule has 3 nitrogen and oxygen atoms in total. The van der Waals surface area contributed by atoms with Gasteiger partial charge in [-0.15, -0.1) is 0 Å². The van der Waals surface area contributed by atoms with E-state index in [0.29, 0.717) is 6.04 Å². The monoisotopic (exact) mass is 253 g/mol. The van der Waals surface area contributed by atoms with Crippen molar-refractivity contribution < 1.29 is 0 Å². The Kier molecular flexibility index (Phi) is 5.46. The first-order valence-electron chi connectivity index (χ1n) is 7.86. The van der Waals surface area contributed by atoms with Crippen molar-refractivity contribution in [3.05, 3.63) is 0 Å². The number of likely N-dealkylation sites (N-methyl/N-ethyl adjacent to an activating group) is 1. The Morgan fingerprint density at radius 3 is 2.44 bits per heavy atom. The Hall–Kier alpha value is -0.120. The number of likely N-dealkylation sites (tertiary alicyclic amines) is 1. The van der Waals surface area contributed by atoms with Crippen LogP contribution in [0.3, 0.4) is 0 Å². The maximum absolute atomic E-state index is 3.74. The number of nitrogens with one attached hydrogen (secondary N) is 1. The molecule has 0 aromatic heterocycles. The average molecular weight is 253 g/mol. The van der Waals surface area contributed by atoms with Gasteiger partial charge in [0.05, 0.1) is 0 Å². The third-order valence-electron chi connectivity index (χ3n) is 4.89. The van der Waals surface area contributed by atoms with Gasteiger partial charge in [-0.3, -0.25) is 0 Å². The van der Waals surface area contributed by atoms with E-state index in [2.05, 4.69) is 36.0 Å². The molecule has 2 aliphatic rings. The zero-order valence-corrected chi connectivity index (χ0v) is 12.5. The summed E-state index contributed by atoms with van der Waals surface area (Å²) >= 11 is 0. The molecule has 1 unspecified atom stereocenters. The van der Waals surface area contributed by atoms with Crippen LogP contribution in [0.25, 0.3) is 0 Å². The molecule has 0 amide bonds. The molecule has 0 aromatic rings. The van der Waals surface area contributed by atoms with Gasteiger partial charge in [-0.1, -0.05) is 6.92 Å². The van der Waals surface area contributed by atoms with Crippen molar-refractivity contribution >= 4 is 0 Å². The third-order valence-corrected chi connectivity index (χ3v) is 4.89. The molecule has 1 N–H and O–H groups in total. The standard InChI is InChI=1S/C15H31N3/c1-4-18-10-7-14(8-11-18)13(2)16-9-12-17(3)15-5-6-15/h13-16H,4-12H2,1-3H3. The molecule has 3 heteroatoms. The largest absolute Gasteiger partial charge is 0.313 e. The second-order valence-electron chi connectivity index (χ2n) is 6.23. The van der Waals surface area contributed by atoms with E-state index in [-0.39, 0.29) is 0 Å². The molecule has 0 spiro atoms. The Labute approximate surface area is 113 Å². The summed E-state index contributed by atoms with van der Waals surface area (Å²) in [6.45, 7) is 10.8. The van der Waals surface area contributed by atoms with Crippen molar-refractivity contribution in [2.24, 2.45) is 5.92 Å². The zero-order chi connectivity index (χ0) is 13.0. The van der Waals surface area contributed by atoms with E-state index >= 15 is 0 Å². The molecule has 1 aliphatic carbocycles. The van der Waals surface area contributed by atoms with E-state index in [1.165, 1.54) is 51.9 Å². The first kappa shape index (κ1) is 14.3. The molecular formula is C15H31N3. The van der Waals surface area contributed by atoms with Crippen molar-refractivity contribution in [2.45, 2.75) is 51.6 Å². The SMILES string of the molecule is CCN1CCC(C(C)NCCN(C)C2CC2)CC1. The molecule has 1 aliphatic heterocycles. The lowest BCUT2D eigenvalue weighted by molar-refractivity contribution is 0.167. The van der Waals surface area contributed by atoms with E-state index in [1.807, 2.05) is 0 Å². The molecule has 1 saturated carbocycles. The maximum Gasteiger partial charge on any atom is 0.0107 e. The van der Waals surface area contributed by atoms with E-state index in [1.54, 1.807) is 0 Å². The molecule has 0 radical (unpaired) electrons. The van der Waals surface area contributed by atoms with Crippen LogP contribution < -0.4 is 5.32 Å². The van der Waals surface area contributed by atoms with Gasteiger partial charge in [-0.25, -0.2) is 0 Å². The van der Waals surface area contributed by atoms with Gasteiger partial charge in [0.15, 0.2) is 0 Å². The zero-order valence-electron chi connectivity index (χ0n) is 12.5. The first-order valence-corrected chi connectivity index (χ1v) is 7.86. The summed E-state index contributed by atoms with van der Waals surface area (Å²) < 4.78 is 0. The fourth-order valence-electron chi connectivity index (χ4n) is 3.10. The van der Waals surface area contributed by atoms with Gasteiger partial charge in [-0.05, 0) is 65.2 Å². The summed E-state index contributed by atoms with van der Waals surface area (Å²) in [6, 6.07) is 1.59. The fourth-order valence-corrected chi connectivity index (χ4v) is 3.10. The van der Waals surface area contributed by atoms with Gasteiger partial charge < -0.3 is 15.1 Å². The Balaban J connectivity index is 1.58. The third kappa shape index (κ3) is 4.22. The van der Waals surface area contributed by atoms with Gasteiger partial charge >= 0.3 is 0 Å². The molecule has 1 saturated heterocycles. The quantitative estimate of drug-likeness (QED) is 0.746. The molecular weight excluding hydrogens is 222 g/mol. The van der Waals surface area contributed by atoms with Crippen molar-refractivity contribution in [1.29, 1.82) is 0 Å². The fraction of sp³-hybridized carbons (Fsp3) is 1.00. The van der Waals surface area contributed by atoms with Crippen LogP contribution in [0.2, 0.25) is 0 Å². The summed E-state index contributed by atoms with van der Waals surface area (Å²) in [5.74, 6) is 0.888. The highest BCUT2D eigenvalue weighted by Gasteiger charge is 2.26. The highest BCUT2D eigenvalue weighted by molar-refractivity contribution is 4.83. The Morgan fingerprint density at radius 2 is 1.89 bits per heavy atom. The van der Waals surface area contributed by atoms with Crippen LogP contribution in [-0.4, -0.2) is 61.7 Å². The number of hydrogen-bond acceptors (Lipinski definition) is 3. The molecule has 2 fully saturated rings. The highest BCUT2D eigenvalue weighted by atomic mass is 15.2. The molecule has 18 heavy (non-hydrogen) atoms. The number of hydrogen-bond donors (Lipinski definition) is 1. The number of rotatable bonds is 7. The highest BCUT2D eigenvalue weighted by Crippen LogP contribution is 2.24. The van der Waals surface area contributed by atoms with Crippen molar-refractivity contribution in [3.8, 4) is 0 Å². The smallest absolute Gasteiger partial charge is 0.0107 e. The minimum absolute atomic E-state index is 0.691. The minimum atomic E-state index is 0.691. The first-order chi connectivity index (χ1) is 8.70. The predicted octanol–water partition coefficient (Wildman–Crippen LogP) is 1.79. The minimum Gasteiger partial charge on any atom is -0.313 e. The Bertz CT molecular complexity index is 232. The Morgan fingerprint density at radius 1 is 1.22 bits per heavy atom. The van der Waals surface area contributed by atoms with Crippen LogP contribution >= 0.6 is 0 Å². The lowest BCUT2D eigenvalue weighted by Gasteiger charge is -2.34. The predicted molar refractivity (Wildman–Crippen MR) is 78.0 cm³/mol. The van der Waals surface area contributed by atoms with Crippen LogP contribution in [0, 0.1) is 5.92 Å². The van der Waals surface area contributed by atoms with Gasteiger partial charge in [-0.2, -0.15) is 0 Å². The van der Waals surface area contributed by atoms with Crippen molar-refractivity contribution in [3.63, 3.8) is 0 Å². The van der Waals surface area contributed by atoms with Gasteiger partial charge in [0.1, 0.15) is 0 Å². The lowest BCUT2D eigenvalue weighted by atomic mass is 9.90. The van der Waals surface area contributed by atoms with Crippen LogP contribution in [0.4, 0.5) is 0 Å². The molecule has 1 heterocycles. The van der Waals surface area contributed by atoms with Crippen molar-refractivity contribution in [1.82, 2.24) is 15.1 Å². The topological polar surface area (TPSA) is 18.5 Å². The van der Waals surface area contributed by atoms with Crippen LogP contribution in [0.15, 0.2) is 0 Å². The summed E-state index contributed by atoms with van der Waals surface area (Å²) in [6.07, 6.45) is 5.59. The molecule has 0 aromatic carbocycles. The maximum atomic E-state index is 3.74. The number of piperidine rings is 1. The summed E-state index contributed by atoms with van der Waals surface area (Å²) in [5, 5.41) is 3.74. The van der Waals surface area contributed by atoms with E-state index < -0.39 is 0 Å². The van der Waals surface area contributed by atoms with Crippen LogP contribution in [0.1, 0.15) is 39.5 Å².